The highest BCUT2D eigenvalue weighted by atomic mass is 19.1. The smallest absolute Gasteiger partial charge is 0.229 e. The number of rotatable bonds is 6. The summed E-state index contributed by atoms with van der Waals surface area (Å²) in [5.74, 6) is 0.629. The van der Waals surface area contributed by atoms with E-state index in [-0.39, 0.29) is 11.9 Å². The zero-order chi connectivity index (χ0) is 19.5. The minimum absolute atomic E-state index is 0.0949. The van der Waals surface area contributed by atoms with Crippen molar-refractivity contribution in [2.75, 3.05) is 16.1 Å². The van der Waals surface area contributed by atoms with Gasteiger partial charge in [-0.15, -0.1) is 0 Å². The summed E-state index contributed by atoms with van der Waals surface area (Å²) in [6.07, 6.45) is 1.24. The van der Waals surface area contributed by atoms with Crippen molar-refractivity contribution in [3.05, 3.63) is 60.0 Å². The van der Waals surface area contributed by atoms with Crippen LogP contribution in [0.1, 0.15) is 19.4 Å². The molecule has 4 rings (SSSR count). The van der Waals surface area contributed by atoms with Crippen LogP contribution in [-0.4, -0.2) is 16.1 Å². The molecule has 0 fully saturated rings. The van der Waals surface area contributed by atoms with Crippen molar-refractivity contribution in [1.82, 2.24) is 15.4 Å². The fourth-order valence-corrected chi connectivity index (χ4v) is 2.84. The van der Waals surface area contributed by atoms with Crippen LogP contribution in [0.2, 0.25) is 0 Å². The van der Waals surface area contributed by atoms with Gasteiger partial charge in [0.2, 0.25) is 5.95 Å². The molecule has 8 heteroatoms. The van der Waals surface area contributed by atoms with Crippen molar-refractivity contribution in [2.24, 2.45) is 0 Å². The molecular weight excluding hydrogens is 359 g/mol. The second-order valence-corrected chi connectivity index (χ2v) is 6.68. The molecule has 2 aromatic carbocycles. The topological polar surface area (TPSA) is 83.1 Å². The molecular formula is C20H21FN6O. The van der Waals surface area contributed by atoms with Crippen LogP contribution < -0.4 is 26.2 Å². The Bertz CT molecular complexity index is 977. The van der Waals surface area contributed by atoms with Gasteiger partial charge in [-0.2, -0.15) is 4.98 Å². The highest BCUT2D eigenvalue weighted by molar-refractivity contribution is 5.65. The third kappa shape index (κ3) is 4.12. The van der Waals surface area contributed by atoms with Crippen molar-refractivity contribution in [2.45, 2.75) is 26.5 Å². The number of aromatic nitrogens is 2. The normalized spacial score (nSPS) is 12.4. The maximum atomic E-state index is 14.2. The van der Waals surface area contributed by atoms with Crippen LogP contribution in [0.5, 0.6) is 5.75 Å². The lowest BCUT2D eigenvalue weighted by molar-refractivity contribution is 0.242. The largest absolute Gasteiger partial charge is 0.491 e. The van der Waals surface area contributed by atoms with Gasteiger partial charge >= 0.3 is 0 Å². The summed E-state index contributed by atoms with van der Waals surface area (Å²) >= 11 is 0. The third-order valence-corrected chi connectivity index (χ3v) is 4.10. The van der Waals surface area contributed by atoms with Crippen molar-refractivity contribution in [3.63, 3.8) is 0 Å². The van der Waals surface area contributed by atoms with E-state index in [4.69, 9.17) is 4.74 Å². The lowest BCUT2D eigenvalue weighted by atomic mass is 10.2. The molecule has 2 heterocycles. The number of nitrogens with one attached hydrogen (secondary N) is 4. The Morgan fingerprint density at radius 2 is 1.86 bits per heavy atom. The lowest BCUT2D eigenvalue weighted by Crippen LogP contribution is -2.10. The zero-order valence-corrected chi connectivity index (χ0v) is 15.6. The molecule has 28 heavy (non-hydrogen) atoms. The number of benzene rings is 2. The summed E-state index contributed by atoms with van der Waals surface area (Å²) in [7, 11) is 0. The molecule has 0 saturated carbocycles. The van der Waals surface area contributed by atoms with E-state index in [2.05, 4.69) is 31.5 Å². The minimum Gasteiger partial charge on any atom is -0.491 e. The first-order valence-electron chi connectivity index (χ1n) is 9.02. The summed E-state index contributed by atoms with van der Waals surface area (Å²) in [6, 6.07) is 13.1. The molecule has 0 spiro atoms. The molecule has 1 aliphatic heterocycles. The maximum Gasteiger partial charge on any atom is 0.229 e. The quantitative estimate of drug-likeness (QED) is 0.507. The van der Waals surface area contributed by atoms with E-state index in [0.29, 0.717) is 11.6 Å². The lowest BCUT2D eigenvalue weighted by Gasteiger charge is -2.12. The summed E-state index contributed by atoms with van der Waals surface area (Å²) in [5.41, 5.74) is 9.84. The Hall–Kier alpha value is -3.39. The molecule has 144 valence electrons. The summed E-state index contributed by atoms with van der Waals surface area (Å²) in [6.45, 7) is 4.66. The van der Waals surface area contributed by atoms with Gasteiger partial charge in [-0.3, -0.25) is 0 Å². The van der Waals surface area contributed by atoms with Crippen molar-refractivity contribution in [3.8, 4) is 5.75 Å². The molecule has 0 saturated heterocycles. The Balaban J connectivity index is 1.49. The maximum absolute atomic E-state index is 14.2. The fraction of sp³-hybridized carbons (Fsp3) is 0.200. The molecule has 0 bridgehead atoms. The Morgan fingerprint density at radius 1 is 1.07 bits per heavy atom. The van der Waals surface area contributed by atoms with E-state index in [1.807, 2.05) is 56.3 Å². The van der Waals surface area contributed by atoms with Gasteiger partial charge in [0.25, 0.3) is 0 Å². The summed E-state index contributed by atoms with van der Waals surface area (Å²) in [5, 5.41) is 6.09. The molecule has 1 aromatic heterocycles. The van der Waals surface area contributed by atoms with Crippen molar-refractivity contribution < 1.29 is 9.13 Å². The van der Waals surface area contributed by atoms with E-state index in [1.54, 1.807) is 0 Å². The number of hydrogen-bond acceptors (Lipinski definition) is 7. The van der Waals surface area contributed by atoms with E-state index in [9.17, 15) is 4.39 Å². The second kappa shape index (κ2) is 7.69. The number of ether oxygens (including phenoxy) is 1. The first-order valence-corrected chi connectivity index (χ1v) is 9.02. The first-order chi connectivity index (χ1) is 13.6. The predicted octanol–water partition coefficient (Wildman–Crippen LogP) is 4.32. The Morgan fingerprint density at radius 3 is 2.64 bits per heavy atom. The van der Waals surface area contributed by atoms with Gasteiger partial charge in [-0.1, -0.05) is 0 Å². The van der Waals surface area contributed by atoms with Crippen LogP contribution in [0.25, 0.3) is 0 Å². The van der Waals surface area contributed by atoms with Crippen LogP contribution in [0.15, 0.2) is 48.7 Å². The molecule has 3 aromatic rings. The third-order valence-electron chi connectivity index (χ3n) is 4.10. The fourth-order valence-electron chi connectivity index (χ4n) is 2.84. The van der Waals surface area contributed by atoms with Crippen LogP contribution in [-0.2, 0) is 6.54 Å². The van der Waals surface area contributed by atoms with E-state index < -0.39 is 5.82 Å². The zero-order valence-electron chi connectivity index (χ0n) is 15.6. The first kappa shape index (κ1) is 18.0. The van der Waals surface area contributed by atoms with Gasteiger partial charge in [0.05, 0.1) is 18.0 Å². The van der Waals surface area contributed by atoms with E-state index in [1.165, 1.54) is 0 Å². The van der Waals surface area contributed by atoms with Crippen LogP contribution in [0.3, 0.4) is 0 Å². The molecule has 0 radical (unpaired) electrons. The number of nitrogens with zero attached hydrogens (tertiary/aromatic N) is 2. The van der Waals surface area contributed by atoms with Crippen molar-refractivity contribution in [1.29, 1.82) is 0 Å². The predicted molar refractivity (Wildman–Crippen MR) is 108 cm³/mol. The molecule has 0 unspecified atom stereocenters. The number of halogens is 1. The van der Waals surface area contributed by atoms with E-state index in [0.717, 1.165) is 35.4 Å². The average molecular weight is 380 g/mol. The van der Waals surface area contributed by atoms with Crippen LogP contribution in [0, 0.1) is 5.82 Å². The minimum atomic E-state index is -0.532. The van der Waals surface area contributed by atoms with Gasteiger partial charge < -0.3 is 20.8 Å². The number of hydrazine groups is 1. The second-order valence-electron chi connectivity index (χ2n) is 6.68. The molecule has 0 atom stereocenters. The molecule has 0 amide bonds. The molecule has 1 aliphatic rings. The highest BCUT2D eigenvalue weighted by Crippen LogP contribution is 2.26. The van der Waals surface area contributed by atoms with Gasteiger partial charge in [0.15, 0.2) is 11.6 Å². The summed E-state index contributed by atoms with van der Waals surface area (Å²) < 4.78 is 19.8. The standard InChI is InChI=1S/C20H21FN6O/c1-12(2)28-16-6-3-14(4-7-16)24-19-17(21)11-22-20(26-19)25-15-5-8-18-13(9-15)10-23-27-18/h3-9,11-12,23,27H,10H2,1-2H3,(H2,22,24,25,26). The highest BCUT2D eigenvalue weighted by Gasteiger charge is 2.12. The Kier molecular flexibility index (Phi) is 4.94. The number of fused-ring (bicyclic) bond motifs is 1. The van der Waals surface area contributed by atoms with Gasteiger partial charge in [-0.05, 0) is 61.9 Å². The van der Waals surface area contributed by atoms with Crippen LogP contribution in [0.4, 0.5) is 33.2 Å². The molecule has 4 N–H and O–H groups in total. The average Bonchev–Trinajstić information content (AvgIpc) is 3.13. The van der Waals surface area contributed by atoms with Gasteiger partial charge in [-0.25, -0.2) is 14.8 Å². The van der Waals surface area contributed by atoms with Gasteiger partial charge in [0, 0.05) is 17.9 Å². The van der Waals surface area contributed by atoms with E-state index >= 15 is 0 Å². The monoisotopic (exact) mass is 380 g/mol. The number of hydrogen-bond donors (Lipinski definition) is 4. The van der Waals surface area contributed by atoms with Crippen LogP contribution >= 0.6 is 0 Å². The summed E-state index contributed by atoms with van der Waals surface area (Å²) in [4.78, 5) is 8.28. The number of anilines is 5. The van der Waals surface area contributed by atoms with Crippen molar-refractivity contribution >= 4 is 28.8 Å². The van der Waals surface area contributed by atoms with Gasteiger partial charge in [0.1, 0.15) is 5.75 Å². The molecule has 7 nitrogen and oxygen atoms in total. The Labute approximate surface area is 162 Å². The SMILES string of the molecule is CC(C)Oc1ccc(Nc2nc(Nc3ccc4c(c3)CNN4)ncc2F)cc1. The molecule has 0 aliphatic carbocycles.